The zero-order valence-corrected chi connectivity index (χ0v) is 9.26. The van der Waals surface area contributed by atoms with Crippen LogP contribution in [-0.4, -0.2) is 16.2 Å². The normalized spacial score (nSPS) is 13.9. The number of Topliss-reactive ketones (excluding diaryl/α,β-unsaturated/α-hetero) is 1. The average Bonchev–Trinajstić information content (AvgIpc) is 2.63. The third-order valence-corrected chi connectivity index (χ3v) is 2.88. The number of carbonyl (C=O) groups is 1. The van der Waals surface area contributed by atoms with Gasteiger partial charge in [-0.15, -0.1) is 0 Å². The Kier molecular flexibility index (Phi) is 2.23. The van der Waals surface area contributed by atoms with E-state index >= 15 is 0 Å². The number of fused-ring (bicyclic) bond motifs is 1. The van der Waals surface area contributed by atoms with Crippen molar-refractivity contribution >= 4 is 17.2 Å². The summed E-state index contributed by atoms with van der Waals surface area (Å²) in [6, 6.07) is 12.0. The summed E-state index contributed by atoms with van der Waals surface area (Å²) in [7, 11) is 0. The SMILES string of the molecule is O=C1C(c2cccc(F)c2)=[N+]([O-])c2ccccc21. The number of nitrogens with zero attached hydrogens (tertiary/aromatic N) is 1. The summed E-state index contributed by atoms with van der Waals surface area (Å²) < 4.78 is 13.7. The molecule has 1 aliphatic rings. The molecule has 0 saturated heterocycles. The molecule has 0 aliphatic carbocycles. The quantitative estimate of drug-likeness (QED) is 0.569. The summed E-state index contributed by atoms with van der Waals surface area (Å²) in [6.45, 7) is 0. The van der Waals surface area contributed by atoms with Gasteiger partial charge in [-0.05, 0) is 24.3 Å². The van der Waals surface area contributed by atoms with Crippen LogP contribution in [-0.2, 0) is 0 Å². The third-order valence-electron chi connectivity index (χ3n) is 2.88. The second-order valence-corrected chi connectivity index (χ2v) is 4.00. The zero-order valence-electron chi connectivity index (χ0n) is 9.26. The summed E-state index contributed by atoms with van der Waals surface area (Å²) in [5.74, 6) is -0.844. The van der Waals surface area contributed by atoms with Gasteiger partial charge in [0.25, 0.3) is 11.5 Å². The molecule has 1 aliphatic heterocycles. The highest BCUT2D eigenvalue weighted by Crippen LogP contribution is 2.27. The Morgan fingerprint density at radius 2 is 1.83 bits per heavy atom. The fourth-order valence-electron chi connectivity index (χ4n) is 2.07. The van der Waals surface area contributed by atoms with Crippen LogP contribution in [0.4, 0.5) is 10.1 Å². The van der Waals surface area contributed by atoms with Gasteiger partial charge in [-0.3, -0.25) is 4.79 Å². The maximum absolute atomic E-state index is 13.2. The molecule has 0 fully saturated rings. The van der Waals surface area contributed by atoms with Crippen molar-refractivity contribution in [1.29, 1.82) is 0 Å². The van der Waals surface area contributed by atoms with Crippen LogP contribution in [0.25, 0.3) is 0 Å². The van der Waals surface area contributed by atoms with Crippen LogP contribution in [0.15, 0.2) is 48.5 Å². The number of benzene rings is 2. The summed E-state index contributed by atoms with van der Waals surface area (Å²) >= 11 is 0. The van der Waals surface area contributed by atoms with Gasteiger partial charge < -0.3 is 5.21 Å². The fourth-order valence-corrected chi connectivity index (χ4v) is 2.07. The van der Waals surface area contributed by atoms with Crippen LogP contribution < -0.4 is 0 Å². The first-order valence-corrected chi connectivity index (χ1v) is 5.42. The molecule has 2 aromatic rings. The van der Waals surface area contributed by atoms with Crippen molar-refractivity contribution in [2.24, 2.45) is 0 Å². The molecule has 0 aromatic heterocycles. The van der Waals surface area contributed by atoms with Crippen molar-refractivity contribution in [3.63, 3.8) is 0 Å². The van der Waals surface area contributed by atoms with E-state index in [4.69, 9.17) is 0 Å². The van der Waals surface area contributed by atoms with Crippen molar-refractivity contribution in [2.75, 3.05) is 0 Å². The van der Waals surface area contributed by atoms with Gasteiger partial charge in [0.2, 0.25) is 5.69 Å². The van der Waals surface area contributed by atoms with Crippen molar-refractivity contribution in [3.05, 3.63) is 70.7 Å². The number of hydrogen-bond donors (Lipinski definition) is 0. The minimum absolute atomic E-state index is 0.0318. The molecular weight excluding hydrogens is 233 g/mol. The van der Waals surface area contributed by atoms with E-state index in [9.17, 15) is 14.4 Å². The van der Waals surface area contributed by atoms with E-state index < -0.39 is 5.82 Å². The van der Waals surface area contributed by atoms with Crippen LogP contribution in [0.5, 0.6) is 0 Å². The topological polar surface area (TPSA) is 43.1 Å². The minimum atomic E-state index is -0.475. The molecule has 0 bridgehead atoms. The molecule has 4 heteroatoms. The first kappa shape index (κ1) is 10.7. The number of rotatable bonds is 1. The largest absolute Gasteiger partial charge is 0.618 e. The Morgan fingerprint density at radius 1 is 1.06 bits per heavy atom. The lowest BCUT2D eigenvalue weighted by atomic mass is 10.0. The van der Waals surface area contributed by atoms with Gasteiger partial charge in [0, 0.05) is 6.07 Å². The van der Waals surface area contributed by atoms with E-state index in [2.05, 4.69) is 0 Å². The molecule has 88 valence electrons. The summed E-state index contributed by atoms with van der Waals surface area (Å²) in [6.07, 6.45) is 0. The van der Waals surface area contributed by atoms with Crippen LogP contribution in [0, 0.1) is 11.0 Å². The molecule has 0 unspecified atom stereocenters. The van der Waals surface area contributed by atoms with E-state index in [1.54, 1.807) is 30.3 Å². The van der Waals surface area contributed by atoms with Gasteiger partial charge in [0.05, 0.1) is 5.56 Å². The summed E-state index contributed by atoms with van der Waals surface area (Å²) in [5.41, 5.74) is 0.926. The molecule has 3 rings (SSSR count). The molecule has 1 heterocycles. The number of ketones is 1. The molecule has 0 N–H and O–H groups in total. The number of halogens is 1. The van der Waals surface area contributed by atoms with E-state index in [0.717, 1.165) is 0 Å². The van der Waals surface area contributed by atoms with Crippen LogP contribution in [0.2, 0.25) is 0 Å². The van der Waals surface area contributed by atoms with Gasteiger partial charge in [-0.1, -0.05) is 18.2 Å². The maximum Gasteiger partial charge on any atom is 0.273 e. The average molecular weight is 241 g/mol. The molecule has 0 atom stereocenters. The molecule has 0 saturated carbocycles. The predicted molar refractivity (Wildman–Crippen MR) is 64.6 cm³/mol. The second kappa shape index (κ2) is 3.77. The monoisotopic (exact) mass is 241 g/mol. The molecular formula is C14H8FNO2. The Balaban J connectivity index is 2.21. The predicted octanol–water partition coefficient (Wildman–Crippen LogP) is 2.65. The van der Waals surface area contributed by atoms with Gasteiger partial charge in [0.1, 0.15) is 11.4 Å². The highest BCUT2D eigenvalue weighted by Gasteiger charge is 2.36. The Labute approximate surface area is 102 Å². The van der Waals surface area contributed by atoms with E-state index in [0.29, 0.717) is 21.6 Å². The molecule has 0 spiro atoms. The third kappa shape index (κ3) is 1.43. The van der Waals surface area contributed by atoms with Gasteiger partial charge >= 0.3 is 0 Å². The number of hydrogen-bond acceptors (Lipinski definition) is 2. The lowest BCUT2D eigenvalue weighted by Gasteiger charge is -2.01. The van der Waals surface area contributed by atoms with Crippen molar-refractivity contribution in [2.45, 2.75) is 0 Å². The lowest BCUT2D eigenvalue weighted by Crippen LogP contribution is -2.16. The Hall–Kier alpha value is -2.49. The van der Waals surface area contributed by atoms with Gasteiger partial charge in [0.15, 0.2) is 0 Å². The Morgan fingerprint density at radius 3 is 2.56 bits per heavy atom. The summed E-state index contributed by atoms with van der Waals surface area (Å²) in [4.78, 5) is 12.1. The minimum Gasteiger partial charge on any atom is -0.618 e. The van der Waals surface area contributed by atoms with Crippen molar-refractivity contribution < 1.29 is 13.9 Å². The summed E-state index contributed by atoms with van der Waals surface area (Å²) in [5, 5.41) is 12.1. The van der Waals surface area contributed by atoms with Crippen LogP contribution in [0.1, 0.15) is 15.9 Å². The molecule has 2 aromatic carbocycles. The van der Waals surface area contributed by atoms with Gasteiger partial charge in [-0.25, -0.2) is 4.39 Å². The van der Waals surface area contributed by atoms with Gasteiger partial charge in [-0.2, -0.15) is 4.74 Å². The zero-order chi connectivity index (χ0) is 12.7. The van der Waals surface area contributed by atoms with E-state index in [1.807, 2.05) is 0 Å². The van der Waals surface area contributed by atoms with Crippen molar-refractivity contribution in [3.8, 4) is 0 Å². The fraction of sp³-hybridized carbons (Fsp3) is 0. The van der Waals surface area contributed by atoms with Crippen molar-refractivity contribution in [1.82, 2.24) is 0 Å². The van der Waals surface area contributed by atoms with Crippen LogP contribution >= 0.6 is 0 Å². The van der Waals surface area contributed by atoms with E-state index in [1.165, 1.54) is 18.2 Å². The molecule has 18 heavy (non-hydrogen) atoms. The number of para-hydroxylation sites is 1. The molecule has 3 nitrogen and oxygen atoms in total. The number of carbonyl (C=O) groups excluding carboxylic acids is 1. The van der Waals surface area contributed by atoms with E-state index in [-0.39, 0.29) is 11.5 Å². The standard InChI is InChI=1S/C14H8FNO2/c15-10-5-3-4-9(8-10)13-14(17)11-6-1-2-7-12(11)16(13)18/h1-8H. The first-order chi connectivity index (χ1) is 8.68. The lowest BCUT2D eigenvalue weighted by molar-refractivity contribution is -0.355. The Bertz CT molecular complexity index is 692. The highest BCUT2D eigenvalue weighted by molar-refractivity contribution is 6.52. The maximum atomic E-state index is 13.2. The molecule has 0 radical (unpaired) electrons. The smallest absolute Gasteiger partial charge is 0.273 e. The second-order valence-electron chi connectivity index (χ2n) is 4.00. The highest BCUT2D eigenvalue weighted by atomic mass is 19.1. The van der Waals surface area contributed by atoms with Crippen LogP contribution in [0.3, 0.4) is 0 Å². The first-order valence-electron chi connectivity index (χ1n) is 5.42. The molecule has 0 amide bonds.